The van der Waals surface area contributed by atoms with Gasteiger partial charge in [-0.15, -0.1) is 12.3 Å². The molecule has 0 fully saturated rings. The Morgan fingerprint density at radius 1 is 0.561 bits per heavy atom. The monoisotopic (exact) mass is 906 g/mol. The predicted octanol–water partition coefficient (Wildman–Crippen LogP) is 8.13. The van der Waals surface area contributed by atoms with Crippen molar-refractivity contribution in [3.8, 4) is 24.7 Å². The Kier molecular flexibility index (Phi) is 33.0. The first-order valence-electron chi connectivity index (χ1n) is 20.8. The van der Waals surface area contributed by atoms with E-state index in [0.29, 0.717) is 12.7 Å². The molecule has 57 heavy (non-hydrogen) atoms. The molecule has 0 heterocycles. The molecule has 0 aliphatic heterocycles. The summed E-state index contributed by atoms with van der Waals surface area (Å²) in [6, 6.07) is 33.9. The number of allylic oxidation sites excluding steroid dienone is 2. The number of terminal acetylenes is 2. The third-order valence-electron chi connectivity index (χ3n) is 9.12. The first-order chi connectivity index (χ1) is 28.0. The molecule has 0 bridgehead atoms. The van der Waals surface area contributed by atoms with Crippen LogP contribution in [-0.4, -0.2) is 36.9 Å². The maximum absolute atomic E-state index is 10.9. The summed E-state index contributed by atoms with van der Waals surface area (Å²) in [7, 11) is 2.69. The van der Waals surface area contributed by atoms with Gasteiger partial charge in [-0.3, -0.25) is 9.59 Å². The topological polar surface area (TPSA) is 69.7 Å². The molecule has 0 saturated heterocycles. The molecule has 0 spiro atoms. The van der Waals surface area contributed by atoms with Gasteiger partial charge in [-0.05, 0) is 38.5 Å². The number of aldehydes is 1. The Labute approximate surface area is 356 Å². The summed E-state index contributed by atoms with van der Waals surface area (Å²) in [4.78, 5) is 28.8. The predicted molar refractivity (Wildman–Crippen MR) is 239 cm³/mol. The number of hydrogen-bond acceptors (Lipinski definition) is 5. The Morgan fingerprint density at radius 2 is 0.947 bits per heavy atom. The molecule has 3 aromatic rings. The number of esters is 2. The van der Waals surface area contributed by atoms with E-state index >= 15 is 0 Å². The molecular weight excluding hydrogens is 838 g/mol. The van der Waals surface area contributed by atoms with Crippen LogP contribution >= 0.6 is 4.90 Å². The molecule has 0 aliphatic carbocycles. The molecule has 310 valence electrons. The molecule has 3 rings (SSSR count). The molecular formula is C50H68IO5P. The number of alkyl halides is 1. The molecule has 0 amide bonds. The minimum absolute atomic E-state index is 0.0143. The smallest absolute Gasteiger partial charge is 0.312 e. The van der Waals surface area contributed by atoms with Gasteiger partial charge >= 0.3 is 200 Å². The number of carbonyl (C=O) groups is 3. The van der Waals surface area contributed by atoms with E-state index in [-0.39, 0.29) is 33.0 Å². The van der Waals surface area contributed by atoms with Crippen molar-refractivity contribution in [3.63, 3.8) is 0 Å². The number of rotatable bonds is 27. The van der Waals surface area contributed by atoms with Crippen LogP contribution in [0.4, 0.5) is 0 Å². The molecule has 5 nitrogen and oxygen atoms in total. The van der Waals surface area contributed by atoms with Crippen molar-refractivity contribution in [2.24, 2.45) is 0 Å². The van der Waals surface area contributed by atoms with Crippen molar-refractivity contribution in [2.75, 3.05) is 18.6 Å². The van der Waals surface area contributed by atoms with Gasteiger partial charge in [0.05, 0.1) is 14.2 Å². The summed E-state index contributed by atoms with van der Waals surface area (Å²) < 4.78 is 10.1. The second-order valence-electron chi connectivity index (χ2n) is 13.6. The Morgan fingerprint density at radius 3 is 1.33 bits per heavy atom. The van der Waals surface area contributed by atoms with Gasteiger partial charge in [0.1, 0.15) is 12.7 Å². The summed E-state index contributed by atoms with van der Waals surface area (Å²) in [6.45, 7) is 0. The molecule has 0 N–H and O–H groups in total. The van der Waals surface area contributed by atoms with Crippen LogP contribution < -0.4 is 36.6 Å². The summed E-state index contributed by atoms with van der Waals surface area (Å²) >= 11 is -0.0143. The minimum atomic E-state index is -1.54. The summed E-state index contributed by atoms with van der Waals surface area (Å²) in [5, 5.41) is 4.62. The molecule has 0 unspecified atom stereocenters. The van der Waals surface area contributed by atoms with Crippen molar-refractivity contribution >= 4 is 39.0 Å². The summed E-state index contributed by atoms with van der Waals surface area (Å²) in [5.41, 5.74) is 0. The summed E-state index contributed by atoms with van der Waals surface area (Å²) in [5.74, 6) is 4.86. The normalized spacial score (nSPS) is 10.6. The van der Waals surface area contributed by atoms with Gasteiger partial charge in [0.2, 0.25) is 0 Å². The van der Waals surface area contributed by atoms with E-state index in [4.69, 9.17) is 12.8 Å². The van der Waals surface area contributed by atoms with Gasteiger partial charge in [0, 0.05) is 12.8 Å². The fraction of sp³-hybridized carbons (Fsp3) is 0.460. The number of methoxy groups -OCH3 is 2. The molecule has 7 heteroatoms. The van der Waals surface area contributed by atoms with Crippen molar-refractivity contribution < 1.29 is 44.5 Å². The largest absolute Gasteiger partial charge is 0.469 e. The van der Waals surface area contributed by atoms with Crippen LogP contribution in [0.1, 0.15) is 128 Å². The molecule has 3 aromatic carbocycles. The van der Waals surface area contributed by atoms with Gasteiger partial charge in [0.25, 0.3) is 0 Å². The van der Waals surface area contributed by atoms with E-state index in [1.54, 1.807) is 15.9 Å². The molecule has 0 atom stereocenters. The zero-order valence-electron chi connectivity index (χ0n) is 34.8. The number of benzene rings is 3. The van der Waals surface area contributed by atoms with E-state index in [0.717, 1.165) is 25.7 Å². The third-order valence-corrected chi connectivity index (χ3v) is 23.0. The van der Waals surface area contributed by atoms with Gasteiger partial charge in [0.15, 0.2) is 0 Å². The van der Waals surface area contributed by atoms with Crippen molar-refractivity contribution in [1.29, 1.82) is 0 Å². The first-order valence-corrected chi connectivity index (χ1v) is 26.9. The van der Waals surface area contributed by atoms with Crippen molar-refractivity contribution in [1.82, 2.24) is 0 Å². The minimum Gasteiger partial charge on any atom is -0.469 e. The van der Waals surface area contributed by atoms with Crippen LogP contribution in [0.15, 0.2) is 103 Å². The number of ether oxygens (including phenoxy) is 2. The Hall–Kier alpha value is -3.71. The standard InChI is InChI=1S/C27H30IP.C19H32O2.C4H6O3/c1-2-3-4-5-6-7-17-24-28-29(25-18-11-8-12-19-25,26-20-13-9-14-21-26)27-22-15-10-16-23-27;1-3-4-5-6-7-8-9-10-11-12-13-14-15-16-17-18-19(20)21-2;1-7-4(6)2-3-5/h1,8-16,18-23H,3-7,17,24H2;1,10-11H,4-9,12-18H2,2H3;3H,2H2,1H3/b;11-10-;. The zero-order valence-corrected chi connectivity index (χ0v) is 37.8. The molecule has 0 aromatic heterocycles. The Bertz CT molecular complexity index is 1450. The van der Waals surface area contributed by atoms with Gasteiger partial charge in [-0.1, -0.05) is 44.3 Å². The summed E-state index contributed by atoms with van der Waals surface area (Å²) in [6.07, 6.45) is 37.7. The second kappa shape index (κ2) is 36.6. The van der Waals surface area contributed by atoms with Crippen LogP contribution in [0.3, 0.4) is 0 Å². The van der Waals surface area contributed by atoms with Crippen LogP contribution in [-0.2, 0) is 23.9 Å². The maximum atomic E-state index is 10.9. The van der Waals surface area contributed by atoms with E-state index in [1.807, 2.05) is 0 Å². The number of hydrogen-bond donors (Lipinski definition) is 0. The fourth-order valence-electron chi connectivity index (χ4n) is 5.99. The van der Waals surface area contributed by atoms with Crippen LogP contribution in [0.25, 0.3) is 0 Å². The average molecular weight is 907 g/mol. The fourth-order valence-corrected chi connectivity index (χ4v) is 19.6. The van der Waals surface area contributed by atoms with Crippen molar-refractivity contribution in [2.45, 2.75) is 128 Å². The number of unbranched alkanes of at least 4 members (excludes halogenated alkanes) is 15. The van der Waals surface area contributed by atoms with E-state index in [9.17, 15) is 14.4 Å². The SMILES string of the molecule is C#CCCCCCC/C=C\CCCCCCCC(=O)OC.C#CCCCCCCC[I-][P+](c1ccccc1)(c1ccccc1)c1ccccc1.COC(=O)CC=O. The molecule has 0 aliphatic rings. The second-order valence-corrected chi connectivity index (χ2v) is 24.0. The number of carbonyl (C=O) groups excluding carboxylic acids is 3. The van der Waals surface area contributed by atoms with E-state index in [1.165, 1.54) is 109 Å². The quantitative estimate of drug-likeness (QED) is 0.00891. The van der Waals surface area contributed by atoms with Crippen LogP contribution in [0.2, 0.25) is 0 Å². The average Bonchev–Trinajstić information content (AvgIpc) is 3.26. The van der Waals surface area contributed by atoms with E-state index < -0.39 is 10.9 Å². The maximum Gasteiger partial charge on any atom is 0.312 e. The van der Waals surface area contributed by atoms with Crippen LogP contribution in [0.5, 0.6) is 0 Å². The zero-order chi connectivity index (χ0) is 41.5. The van der Waals surface area contributed by atoms with Gasteiger partial charge in [-0.25, -0.2) is 0 Å². The molecule has 0 saturated carbocycles. The van der Waals surface area contributed by atoms with E-state index in [2.05, 4.69) is 124 Å². The van der Waals surface area contributed by atoms with Gasteiger partial charge < -0.3 is 14.3 Å². The van der Waals surface area contributed by atoms with Crippen LogP contribution in [0, 0.1) is 24.7 Å². The first kappa shape index (κ1) is 51.3. The Balaban J connectivity index is 0.000000508. The third kappa shape index (κ3) is 24.6. The molecule has 0 radical (unpaired) electrons. The number of halogens is 1. The van der Waals surface area contributed by atoms with Gasteiger partial charge in [-0.2, -0.15) is 0 Å². The van der Waals surface area contributed by atoms with Crippen molar-refractivity contribution in [3.05, 3.63) is 103 Å².